The van der Waals surface area contributed by atoms with E-state index in [0.717, 1.165) is 11.8 Å². The number of nitrogens with zero attached hydrogens (tertiary/aromatic N) is 1. The van der Waals surface area contributed by atoms with Crippen LogP contribution in [-0.2, 0) is 23.2 Å². The van der Waals surface area contributed by atoms with Crippen LogP contribution in [0.25, 0.3) is 0 Å². The van der Waals surface area contributed by atoms with Crippen molar-refractivity contribution >= 4 is 16.1 Å². The van der Waals surface area contributed by atoms with Crippen molar-refractivity contribution in [1.82, 2.24) is 10.2 Å². The zero-order valence-corrected chi connectivity index (χ0v) is 14.4. The van der Waals surface area contributed by atoms with Crippen LogP contribution in [0, 0.1) is 0 Å². The predicted octanol–water partition coefficient (Wildman–Crippen LogP) is 2.35. The maximum atomic E-state index is 12.2. The molecule has 1 heterocycles. The van der Waals surface area contributed by atoms with Gasteiger partial charge in [0.15, 0.2) is 0 Å². The van der Waals surface area contributed by atoms with Crippen LogP contribution in [0.5, 0.6) is 5.75 Å². The van der Waals surface area contributed by atoms with E-state index >= 15 is 0 Å². The standard InChI is InChI=1S/C16H20N2O5S/c1-3-17-16(19)18(12-15-8-5-9-22-15)11-13-6-4-7-14(10-13)23-24(2,20)21/h4-10H,3,11-12H2,1-2H3,(H,17,19). The summed E-state index contributed by atoms with van der Waals surface area (Å²) in [5.74, 6) is 0.869. The molecule has 0 saturated carbocycles. The number of benzene rings is 1. The summed E-state index contributed by atoms with van der Waals surface area (Å²) in [6.45, 7) is 2.93. The molecule has 0 unspecified atom stereocenters. The lowest BCUT2D eigenvalue weighted by Gasteiger charge is -2.22. The molecular weight excluding hydrogens is 332 g/mol. The molecule has 1 aromatic heterocycles. The second kappa shape index (κ2) is 7.87. The van der Waals surface area contributed by atoms with Crippen LogP contribution >= 0.6 is 0 Å². The zero-order valence-electron chi connectivity index (χ0n) is 13.6. The Balaban J connectivity index is 2.16. The van der Waals surface area contributed by atoms with Crippen LogP contribution in [0.1, 0.15) is 18.2 Å². The molecule has 2 amide bonds. The fourth-order valence-electron chi connectivity index (χ4n) is 2.14. The van der Waals surface area contributed by atoms with Gasteiger partial charge in [-0.1, -0.05) is 12.1 Å². The van der Waals surface area contributed by atoms with Crippen LogP contribution in [-0.4, -0.2) is 32.1 Å². The SMILES string of the molecule is CCNC(=O)N(Cc1cccc(OS(C)(=O)=O)c1)Cc1ccco1. The minimum atomic E-state index is -3.60. The monoisotopic (exact) mass is 352 g/mol. The van der Waals surface area contributed by atoms with Gasteiger partial charge >= 0.3 is 16.1 Å². The van der Waals surface area contributed by atoms with E-state index in [2.05, 4.69) is 5.32 Å². The predicted molar refractivity (Wildman–Crippen MR) is 88.9 cm³/mol. The Labute approximate surface area is 141 Å². The van der Waals surface area contributed by atoms with E-state index in [1.165, 1.54) is 0 Å². The third-order valence-electron chi connectivity index (χ3n) is 3.06. The highest BCUT2D eigenvalue weighted by Gasteiger charge is 2.16. The maximum Gasteiger partial charge on any atom is 0.318 e. The molecule has 1 aromatic carbocycles. The molecule has 0 aliphatic rings. The van der Waals surface area contributed by atoms with Gasteiger partial charge in [0.25, 0.3) is 0 Å². The van der Waals surface area contributed by atoms with Crippen molar-refractivity contribution < 1.29 is 21.8 Å². The lowest BCUT2D eigenvalue weighted by Crippen LogP contribution is -2.38. The van der Waals surface area contributed by atoms with Gasteiger partial charge in [-0.05, 0) is 36.8 Å². The summed E-state index contributed by atoms with van der Waals surface area (Å²) in [5, 5.41) is 2.75. The Morgan fingerprint density at radius 2 is 2.04 bits per heavy atom. The van der Waals surface area contributed by atoms with Crippen LogP contribution < -0.4 is 9.50 Å². The summed E-state index contributed by atoms with van der Waals surface area (Å²) in [7, 11) is -3.60. The first kappa shape index (κ1) is 17.9. The topological polar surface area (TPSA) is 88.9 Å². The molecule has 0 aliphatic carbocycles. The number of hydrogen-bond donors (Lipinski definition) is 1. The molecule has 0 spiro atoms. The van der Waals surface area contributed by atoms with Crippen molar-refractivity contribution in [1.29, 1.82) is 0 Å². The van der Waals surface area contributed by atoms with E-state index in [9.17, 15) is 13.2 Å². The van der Waals surface area contributed by atoms with Gasteiger partial charge in [0, 0.05) is 13.1 Å². The van der Waals surface area contributed by atoms with Crippen molar-refractivity contribution in [2.45, 2.75) is 20.0 Å². The quantitative estimate of drug-likeness (QED) is 0.773. The second-order valence-electron chi connectivity index (χ2n) is 5.21. The maximum absolute atomic E-state index is 12.2. The largest absolute Gasteiger partial charge is 0.467 e. The molecule has 24 heavy (non-hydrogen) atoms. The van der Waals surface area contributed by atoms with Crippen LogP contribution in [0.4, 0.5) is 4.79 Å². The van der Waals surface area contributed by atoms with Crippen molar-refractivity contribution in [2.75, 3.05) is 12.8 Å². The molecule has 1 N–H and O–H groups in total. The highest BCUT2D eigenvalue weighted by Crippen LogP contribution is 2.18. The number of nitrogens with one attached hydrogen (secondary N) is 1. The molecule has 0 fully saturated rings. The van der Waals surface area contributed by atoms with Crippen molar-refractivity contribution in [3.63, 3.8) is 0 Å². The van der Waals surface area contributed by atoms with E-state index in [0.29, 0.717) is 18.8 Å². The number of carbonyl (C=O) groups is 1. The number of carbonyl (C=O) groups excluding carboxylic acids is 1. The summed E-state index contributed by atoms with van der Waals surface area (Å²) in [5.41, 5.74) is 0.744. The van der Waals surface area contributed by atoms with Crippen LogP contribution in [0.3, 0.4) is 0 Å². The van der Waals surface area contributed by atoms with Crippen molar-refractivity contribution in [3.8, 4) is 5.75 Å². The van der Waals surface area contributed by atoms with E-state index in [4.69, 9.17) is 8.60 Å². The molecule has 130 valence electrons. The average Bonchev–Trinajstić information content (AvgIpc) is 2.98. The molecule has 0 radical (unpaired) electrons. The summed E-state index contributed by atoms with van der Waals surface area (Å²) >= 11 is 0. The molecule has 2 aromatic rings. The zero-order chi connectivity index (χ0) is 17.6. The van der Waals surface area contributed by atoms with Gasteiger partial charge in [-0.15, -0.1) is 0 Å². The average molecular weight is 352 g/mol. The highest BCUT2D eigenvalue weighted by atomic mass is 32.2. The first-order valence-corrected chi connectivity index (χ1v) is 9.22. The number of urea groups is 1. The summed E-state index contributed by atoms with van der Waals surface area (Å²) in [6.07, 6.45) is 2.53. The molecule has 0 atom stereocenters. The molecule has 8 heteroatoms. The second-order valence-corrected chi connectivity index (χ2v) is 6.78. The van der Waals surface area contributed by atoms with Gasteiger partial charge < -0.3 is 18.8 Å². The molecule has 2 rings (SSSR count). The number of furan rings is 1. The fraction of sp³-hybridized carbons (Fsp3) is 0.312. The van der Waals surface area contributed by atoms with Gasteiger partial charge in [-0.3, -0.25) is 0 Å². The number of rotatable bonds is 7. The minimum absolute atomic E-state index is 0.212. The highest BCUT2D eigenvalue weighted by molar-refractivity contribution is 7.86. The third-order valence-corrected chi connectivity index (χ3v) is 3.56. The molecule has 0 aliphatic heterocycles. The van der Waals surface area contributed by atoms with Crippen molar-refractivity contribution in [3.05, 3.63) is 54.0 Å². The Hall–Kier alpha value is -2.48. The Bertz CT molecular complexity index is 772. The van der Waals surface area contributed by atoms with Crippen LogP contribution in [0.15, 0.2) is 47.1 Å². The van der Waals surface area contributed by atoms with E-state index in [-0.39, 0.29) is 18.3 Å². The smallest absolute Gasteiger partial charge is 0.318 e. The summed E-state index contributed by atoms with van der Waals surface area (Å²) < 4.78 is 32.6. The Morgan fingerprint density at radius 1 is 1.25 bits per heavy atom. The molecular formula is C16H20N2O5S. The number of hydrogen-bond acceptors (Lipinski definition) is 5. The van der Waals surface area contributed by atoms with Gasteiger partial charge in [0.2, 0.25) is 0 Å². The van der Waals surface area contributed by atoms with E-state index in [1.807, 2.05) is 6.92 Å². The first-order valence-electron chi connectivity index (χ1n) is 7.41. The van der Waals surface area contributed by atoms with E-state index < -0.39 is 10.1 Å². The first-order chi connectivity index (χ1) is 11.4. The summed E-state index contributed by atoms with van der Waals surface area (Å²) in [6, 6.07) is 9.93. The van der Waals surface area contributed by atoms with Gasteiger partial charge in [-0.2, -0.15) is 8.42 Å². The lowest BCUT2D eigenvalue weighted by atomic mass is 10.2. The molecule has 0 bridgehead atoms. The molecule has 0 saturated heterocycles. The van der Waals surface area contributed by atoms with Gasteiger partial charge in [-0.25, -0.2) is 4.79 Å². The van der Waals surface area contributed by atoms with Gasteiger partial charge in [0.05, 0.1) is 19.1 Å². The van der Waals surface area contributed by atoms with Crippen molar-refractivity contribution in [2.24, 2.45) is 0 Å². The normalized spacial score (nSPS) is 11.1. The van der Waals surface area contributed by atoms with Crippen LogP contribution in [0.2, 0.25) is 0 Å². The Morgan fingerprint density at radius 3 is 2.67 bits per heavy atom. The van der Waals surface area contributed by atoms with E-state index in [1.54, 1.807) is 47.6 Å². The third kappa shape index (κ3) is 5.62. The molecule has 7 nitrogen and oxygen atoms in total. The fourth-order valence-corrected chi connectivity index (χ4v) is 2.60. The lowest BCUT2D eigenvalue weighted by molar-refractivity contribution is 0.188. The minimum Gasteiger partial charge on any atom is -0.467 e. The summed E-state index contributed by atoms with van der Waals surface area (Å²) in [4.78, 5) is 13.8. The van der Waals surface area contributed by atoms with Gasteiger partial charge in [0.1, 0.15) is 11.5 Å². The number of amides is 2. The Kier molecular flexibility index (Phi) is 5.86.